The van der Waals surface area contributed by atoms with Crippen molar-refractivity contribution in [2.45, 2.75) is 76.0 Å². The lowest BCUT2D eigenvalue weighted by Crippen LogP contribution is -2.47. The van der Waals surface area contributed by atoms with E-state index in [4.69, 9.17) is 12.3 Å². The third-order valence-electron chi connectivity index (χ3n) is 4.53. The van der Waals surface area contributed by atoms with Crippen LogP contribution in [0.1, 0.15) is 6.92 Å². The van der Waals surface area contributed by atoms with Gasteiger partial charge in [0.2, 0.25) is 0 Å². The topological polar surface area (TPSA) is 73.9 Å². The van der Waals surface area contributed by atoms with Crippen LogP contribution in [-0.2, 0) is 21.9 Å². The predicted octanol–water partition coefficient (Wildman–Crippen LogP) is 1.30. The molecule has 0 aromatic heterocycles. The third-order valence-corrected chi connectivity index (χ3v) is 23.6. The number of hydrogen-bond acceptors (Lipinski definition) is 5. The molecule has 0 radical (unpaired) electrons. The summed E-state index contributed by atoms with van der Waals surface area (Å²) in [5.41, 5.74) is 0.833. The predicted molar refractivity (Wildman–Crippen MR) is 132 cm³/mol. The lowest BCUT2D eigenvalue weighted by Gasteiger charge is -2.42. The number of rotatable bonds is 11. The van der Waals surface area contributed by atoms with Crippen molar-refractivity contribution in [3.8, 4) is 0 Å². The quantitative estimate of drug-likeness (QED) is 0.347. The van der Waals surface area contributed by atoms with Crippen molar-refractivity contribution in [1.29, 1.82) is 0 Å². The molecule has 1 heterocycles. The van der Waals surface area contributed by atoms with Crippen LogP contribution in [-0.4, -0.2) is 66.1 Å². The van der Waals surface area contributed by atoms with Gasteiger partial charge >= 0.3 is 0 Å². The van der Waals surface area contributed by atoms with Crippen molar-refractivity contribution in [3.05, 3.63) is 11.6 Å². The fraction of sp³-hybridized carbons (Fsp3) is 0.750. The fourth-order valence-corrected chi connectivity index (χ4v) is 16.8. The molecule has 1 rings (SSSR count). The minimum atomic E-state index is -1.76. The maximum absolute atomic E-state index is 12.7. The van der Waals surface area contributed by atoms with Gasteiger partial charge in [-0.15, -0.1) is 0 Å². The Bertz CT molecular complexity index is 602. The second-order valence-corrected chi connectivity index (χ2v) is 32.5. The van der Waals surface area contributed by atoms with Gasteiger partial charge in [0.1, 0.15) is 9.76 Å². The summed E-state index contributed by atoms with van der Waals surface area (Å²) in [7, 11) is -8.35. The Morgan fingerprint density at radius 2 is 1.29 bits per heavy atom. The van der Waals surface area contributed by atoms with Crippen LogP contribution in [0, 0.1) is 0 Å². The Morgan fingerprint density at radius 1 is 0.857 bits per heavy atom. The molecule has 0 spiro atoms. The lowest BCUT2D eigenvalue weighted by molar-refractivity contribution is -0.123. The molecule has 1 aliphatic rings. The summed E-state index contributed by atoms with van der Waals surface area (Å²) >= 11 is 0. The Hall–Kier alpha value is 0.0613. The zero-order chi connectivity index (χ0) is 22.0. The molecular weight excluding hydrogens is 455 g/mol. The highest BCUT2D eigenvalue weighted by atomic mass is 28.4. The number of imide groups is 1. The van der Waals surface area contributed by atoms with Crippen molar-refractivity contribution in [3.63, 3.8) is 0 Å². The van der Waals surface area contributed by atoms with Crippen molar-refractivity contribution in [2.24, 2.45) is 0 Å². The van der Waals surface area contributed by atoms with Gasteiger partial charge in [0.25, 0.3) is 11.8 Å². The summed E-state index contributed by atoms with van der Waals surface area (Å²) in [6, 6.07) is 0. The van der Waals surface area contributed by atoms with Crippen molar-refractivity contribution in [1.82, 2.24) is 5.32 Å². The largest absolute Gasteiger partial charge is 0.460 e. The summed E-state index contributed by atoms with van der Waals surface area (Å²) in [6.07, 6.45) is 1.52. The number of amides is 2. The Kier molecular flexibility index (Phi) is 8.82. The number of carbonyl (C=O) groups is 2. The molecule has 12 heteroatoms. The smallest absolute Gasteiger partial charge is 0.254 e. The molecule has 162 valence electrons. The average molecular weight is 494 g/mol. The van der Waals surface area contributed by atoms with Crippen LogP contribution >= 0.6 is 0 Å². The van der Waals surface area contributed by atoms with Crippen LogP contribution < -0.4 is 5.32 Å². The van der Waals surface area contributed by atoms with Crippen LogP contribution in [0.15, 0.2) is 11.6 Å². The monoisotopic (exact) mass is 493 g/mol. The van der Waals surface area contributed by atoms with Gasteiger partial charge in [0.05, 0.1) is 0 Å². The van der Waals surface area contributed by atoms with Gasteiger partial charge < -0.3 is 12.3 Å². The minimum absolute atomic E-state index is 0.216. The SMILES string of the molecule is CC([SiH2]O[Si](C)(C)C)C([SiH2]O[Si](C)(C)C)([SiH2]O[Si](C)(C)C)C1=CC(=O)NC1=O. The highest BCUT2D eigenvalue weighted by Gasteiger charge is 2.48. The average Bonchev–Trinajstić information content (AvgIpc) is 2.82. The van der Waals surface area contributed by atoms with E-state index in [0.29, 0.717) is 5.57 Å². The van der Waals surface area contributed by atoms with E-state index in [-0.39, 0.29) is 22.0 Å². The van der Waals surface area contributed by atoms with Gasteiger partial charge in [-0.1, -0.05) is 6.92 Å². The van der Waals surface area contributed by atoms with Crippen LogP contribution in [0.3, 0.4) is 0 Å². The molecular formula is C16H39NO5Si6. The third kappa shape index (κ3) is 8.43. The van der Waals surface area contributed by atoms with Crippen molar-refractivity contribution < 1.29 is 21.9 Å². The molecule has 0 bridgehead atoms. The summed E-state index contributed by atoms with van der Waals surface area (Å²) in [6.45, 7) is 21.9. The zero-order valence-corrected chi connectivity index (χ0v) is 26.6. The molecule has 6 nitrogen and oxygen atoms in total. The number of nitrogens with one attached hydrogen (secondary N) is 1. The summed E-state index contributed by atoms with van der Waals surface area (Å²) in [5, 5.41) is 2.46. The first-order valence-electron chi connectivity index (χ1n) is 9.95. The summed E-state index contributed by atoms with van der Waals surface area (Å²) in [4.78, 5) is 24.7. The normalized spacial score (nSPS) is 20.6. The van der Waals surface area contributed by atoms with E-state index in [1.807, 2.05) is 0 Å². The van der Waals surface area contributed by atoms with E-state index in [2.05, 4.69) is 71.2 Å². The van der Waals surface area contributed by atoms with Crippen LogP contribution in [0.5, 0.6) is 0 Å². The molecule has 1 N–H and O–H groups in total. The minimum Gasteiger partial charge on any atom is -0.460 e. The van der Waals surface area contributed by atoms with E-state index in [1.165, 1.54) is 6.08 Å². The summed E-state index contributed by atoms with van der Waals surface area (Å²) < 4.78 is 19.0. The maximum atomic E-state index is 12.7. The first-order valence-corrected chi connectivity index (χ1v) is 24.1. The van der Waals surface area contributed by atoms with E-state index in [0.717, 1.165) is 0 Å². The van der Waals surface area contributed by atoms with Gasteiger partial charge in [-0.2, -0.15) is 0 Å². The van der Waals surface area contributed by atoms with Gasteiger partial charge in [0, 0.05) is 16.3 Å². The molecule has 0 aliphatic carbocycles. The van der Waals surface area contributed by atoms with E-state index < -0.39 is 54.2 Å². The van der Waals surface area contributed by atoms with Gasteiger partial charge in [-0.25, -0.2) is 0 Å². The molecule has 1 unspecified atom stereocenters. The van der Waals surface area contributed by atoms with Crippen LogP contribution in [0.25, 0.3) is 0 Å². The highest BCUT2D eigenvalue weighted by molar-refractivity contribution is 6.80. The Morgan fingerprint density at radius 3 is 1.61 bits per heavy atom. The Balaban J connectivity index is 3.36. The van der Waals surface area contributed by atoms with Gasteiger partial charge in [-0.3, -0.25) is 14.9 Å². The zero-order valence-electron chi connectivity index (χ0n) is 19.3. The van der Waals surface area contributed by atoms with Crippen molar-refractivity contribution in [2.75, 3.05) is 0 Å². The lowest BCUT2D eigenvalue weighted by atomic mass is 10.1. The molecule has 0 saturated heterocycles. The van der Waals surface area contributed by atoms with Crippen molar-refractivity contribution >= 4 is 66.1 Å². The second kappa shape index (κ2) is 9.47. The molecule has 1 atom stereocenters. The van der Waals surface area contributed by atoms with Gasteiger partial charge in [0.15, 0.2) is 44.5 Å². The molecule has 2 amide bonds. The van der Waals surface area contributed by atoms with Gasteiger partial charge in [-0.05, 0) is 64.5 Å². The first-order chi connectivity index (χ1) is 12.5. The summed E-state index contributed by atoms with van der Waals surface area (Å²) in [5.74, 6) is -0.564. The molecule has 0 aromatic rings. The van der Waals surface area contributed by atoms with E-state index >= 15 is 0 Å². The maximum Gasteiger partial charge on any atom is 0.254 e. The number of hydrogen-bond donors (Lipinski definition) is 1. The fourth-order valence-electron chi connectivity index (χ4n) is 2.75. The Labute approximate surface area is 180 Å². The van der Waals surface area contributed by atoms with E-state index in [9.17, 15) is 9.59 Å². The first kappa shape index (κ1) is 26.1. The molecule has 0 aromatic carbocycles. The molecule has 1 aliphatic heterocycles. The highest BCUT2D eigenvalue weighted by Crippen LogP contribution is 2.47. The van der Waals surface area contributed by atoms with E-state index in [1.54, 1.807) is 0 Å². The molecule has 0 fully saturated rings. The standard InChI is InChI=1S/C16H39NO5Si6/c1-12(23-20-26(2,3)4)16(24-21-27(5,6)7,25-22-28(8,9)10)13-11-14(18)17-15(13)19/h11-12H,23-25H2,1-10H3,(H,17,18,19). The molecule has 28 heavy (non-hydrogen) atoms. The number of carbonyl (C=O) groups excluding carboxylic acids is 2. The molecule has 0 saturated carbocycles. The second-order valence-electron chi connectivity index (χ2n) is 10.7. The van der Waals surface area contributed by atoms with Crippen LogP contribution in [0.2, 0.25) is 69.1 Å². The van der Waals surface area contributed by atoms with Crippen LogP contribution in [0.4, 0.5) is 0 Å².